The second kappa shape index (κ2) is 10.2. The van der Waals surface area contributed by atoms with E-state index in [1.165, 1.54) is 16.8 Å². The Morgan fingerprint density at radius 1 is 1.16 bits per heavy atom. The van der Waals surface area contributed by atoms with Crippen LogP contribution in [-0.2, 0) is 12.1 Å². The lowest BCUT2D eigenvalue weighted by molar-refractivity contribution is 0.271. The van der Waals surface area contributed by atoms with Gasteiger partial charge in [-0.25, -0.2) is 0 Å². The van der Waals surface area contributed by atoms with Gasteiger partial charge < -0.3 is 16.0 Å². The quantitative estimate of drug-likeness (QED) is 0.273. The number of rotatable bonds is 7. The molecule has 32 heavy (non-hydrogen) atoms. The third-order valence-electron chi connectivity index (χ3n) is 6.82. The Kier molecular flexibility index (Phi) is 7.60. The van der Waals surface area contributed by atoms with Crippen LogP contribution in [0.5, 0.6) is 0 Å². The van der Waals surface area contributed by atoms with E-state index in [4.69, 9.17) is 17.3 Å². The van der Waals surface area contributed by atoms with E-state index in [1.807, 2.05) is 18.3 Å². The van der Waals surface area contributed by atoms with Gasteiger partial charge in [0.25, 0.3) is 0 Å². The van der Waals surface area contributed by atoms with Crippen LogP contribution in [0.15, 0.2) is 54.7 Å². The summed E-state index contributed by atoms with van der Waals surface area (Å²) in [5.41, 5.74) is 11.4. The van der Waals surface area contributed by atoms with Gasteiger partial charge in [-0.1, -0.05) is 52.4 Å². The monoisotopic (exact) mass is 562 g/mol. The van der Waals surface area contributed by atoms with Crippen molar-refractivity contribution in [2.45, 2.75) is 55.2 Å². The SMILES string of the molecule is CCN(CC)c1ccc(CNC2CCC(N)(c3ccnc4cc(Cl)ccc34)C(I)C2)cc1. The second-order valence-corrected chi connectivity index (χ2v) is 10.7. The molecule has 3 aromatic rings. The zero-order valence-corrected chi connectivity index (χ0v) is 21.7. The van der Waals surface area contributed by atoms with Crippen molar-refractivity contribution in [1.29, 1.82) is 0 Å². The predicted octanol–water partition coefficient (Wildman–Crippen LogP) is 6.03. The van der Waals surface area contributed by atoms with E-state index in [0.29, 0.717) is 15.0 Å². The molecular formula is C26H32ClIN4. The van der Waals surface area contributed by atoms with Crippen molar-refractivity contribution in [1.82, 2.24) is 10.3 Å². The summed E-state index contributed by atoms with van der Waals surface area (Å²) in [6.07, 6.45) is 4.91. The Balaban J connectivity index is 1.41. The molecule has 0 saturated heterocycles. The first-order valence-electron chi connectivity index (χ1n) is 11.5. The molecular weight excluding hydrogens is 531 g/mol. The molecule has 3 N–H and O–H groups in total. The fourth-order valence-corrected chi connectivity index (χ4v) is 6.27. The third kappa shape index (κ3) is 4.91. The number of nitrogens with one attached hydrogen (secondary N) is 1. The third-order valence-corrected chi connectivity index (χ3v) is 8.68. The van der Waals surface area contributed by atoms with E-state index in [2.05, 4.69) is 88.0 Å². The lowest BCUT2D eigenvalue weighted by Gasteiger charge is -2.42. The minimum absolute atomic E-state index is 0.331. The van der Waals surface area contributed by atoms with Gasteiger partial charge in [0.15, 0.2) is 0 Å². The van der Waals surface area contributed by atoms with Crippen molar-refractivity contribution in [3.63, 3.8) is 0 Å². The topological polar surface area (TPSA) is 54.2 Å². The number of nitrogens with two attached hydrogens (primary N) is 1. The maximum Gasteiger partial charge on any atom is 0.0720 e. The van der Waals surface area contributed by atoms with E-state index in [1.54, 1.807) is 0 Å². The second-order valence-electron chi connectivity index (χ2n) is 8.72. The molecule has 0 spiro atoms. The van der Waals surface area contributed by atoms with Crippen LogP contribution < -0.4 is 16.0 Å². The van der Waals surface area contributed by atoms with Gasteiger partial charge in [0, 0.05) is 51.9 Å². The Labute approximate surface area is 210 Å². The molecule has 2 aromatic carbocycles. The standard InChI is InChI=1S/C26H32ClIN4/c1-3-32(4-2)21-8-5-18(6-9-21)17-31-20-11-13-26(29,25(28)16-20)23-12-14-30-24-15-19(27)7-10-22(23)24/h5-10,12,14-15,20,25,31H,3-4,11,13,16-17,29H2,1-2H3. The van der Waals surface area contributed by atoms with E-state index < -0.39 is 0 Å². The van der Waals surface area contributed by atoms with Crippen LogP contribution in [0.2, 0.25) is 5.02 Å². The molecule has 1 saturated carbocycles. The van der Waals surface area contributed by atoms with Gasteiger partial charge in [0.1, 0.15) is 0 Å². The summed E-state index contributed by atoms with van der Waals surface area (Å²) in [5.74, 6) is 0. The first kappa shape index (κ1) is 23.7. The smallest absolute Gasteiger partial charge is 0.0720 e. The number of alkyl halides is 1. The molecule has 170 valence electrons. The van der Waals surface area contributed by atoms with Crippen LogP contribution in [-0.4, -0.2) is 28.0 Å². The zero-order chi connectivity index (χ0) is 22.7. The van der Waals surface area contributed by atoms with E-state index in [9.17, 15) is 0 Å². The molecule has 0 amide bonds. The fraction of sp³-hybridized carbons (Fsp3) is 0.423. The van der Waals surface area contributed by atoms with Crippen LogP contribution in [0.3, 0.4) is 0 Å². The number of nitrogens with zero attached hydrogens (tertiary/aromatic N) is 2. The summed E-state index contributed by atoms with van der Waals surface area (Å²) in [6.45, 7) is 7.36. The summed E-state index contributed by atoms with van der Waals surface area (Å²) >= 11 is 8.73. The number of benzene rings is 2. The van der Waals surface area contributed by atoms with Crippen molar-refractivity contribution in [2.75, 3.05) is 18.0 Å². The number of aromatic nitrogens is 1. The van der Waals surface area contributed by atoms with E-state index in [-0.39, 0.29) is 5.54 Å². The van der Waals surface area contributed by atoms with Crippen molar-refractivity contribution < 1.29 is 0 Å². The van der Waals surface area contributed by atoms with Gasteiger partial charge in [-0.3, -0.25) is 4.98 Å². The van der Waals surface area contributed by atoms with Crippen LogP contribution >= 0.6 is 34.2 Å². The minimum atomic E-state index is -0.362. The van der Waals surface area contributed by atoms with Crippen molar-refractivity contribution in [2.24, 2.45) is 5.73 Å². The number of halogens is 2. The lowest BCUT2D eigenvalue weighted by atomic mass is 9.74. The van der Waals surface area contributed by atoms with Crippen LogP contribution in [0.4, 0.5) is 5.69 Å². The molecule has 1 aliphatic rings. The van der Waals surface area contributed by atoms with Gasteiger partial charge in [-0.15, -0.1) is 0 Å². The van der Waals surface area contributed by atoms with Crippen molar-refractivity contribution in [3.05, 3.63) is 70.9 Å². The average molecular weight is 563 g/mol. The molecule has 4 nitrogen and oxygen atoms in total. The highest BCUT2D eigenvalue weighted by Gasteiger charge is 2.41. The molecule has 4 rings (SSSR count). The number of hydrogen-bond donors (Lipinski definition) is 2. The van der Waals surface area contributed by atoms with E-state index in [0.717, 1.165) is 49.8 Å². The molecule has 0 bridgehead atoms. The van der Waals surface area contributed by atoms with Gasteiger partial charge in [-0.05, 0) is 74.6 Å². The van der Waals surface area contributed by atoms with Gasteiger partial charge in [-0.2, -0.15) is 0 Å². The van der Waals surface area contributed by atoms with E-state index >= 15 is 0 Å². The predicted molar refractivity (Wildman–Crippen MR) is 145 cm³/mol. The summed E-state index contributed by atoms with van der Waals surface area (Å²) in [5, 5.41) is 5.59. The molecule has 1 heterocycles. The summed E-state index contributed by atoms with van der Waals surface area (Å²) in [6, 6.07) is 17.4. The molecule has 0 radical (unpaired) electrons. The zero-order valence-electron chi connectivity index (χ0n) is 18.8. The Bertz CT molecular complexity index is 1050. The molecule has 1 aromatic heterocycles. The summed E-state index contributed by atoms with van der Waals surface area (Å²) < 4.78 is 0.331. The number of fused-ring (bicyclic) bond motifs is 1. The Morgan fingerprint density at radius 2 is 1.91 bits per heavy atom. The highest BCUT2D eigenvalue weighted by atomic mass is 127. The maximum absolute atomic E-state index is 7.07. The molecule has 1 aliphatic carbocycles. The molecule has 1 fully saturated rings. The first-order valence-corrected chi connectivity index (χ1v) is 13.1. The van der Waals surface area contributed by atoms with Gasteiger partial charge >= 0.3 is 0 Å². The molecule has 0 aliphatic heterocycles. The van der Waals surface area contributed by atoms with Crippen molar-refractivity contribution in [3.8, 4) is 0 Å². The average Bonchev–Trinajstić information content (AvgIpc) is 2.81. The highest BCUT2D eigenvalue weighted by Crippen LogP contribution is 2.42. The minimum Gasteiger partial charge on any atom is -0.372 e. The highest BCUT2D eigenvalue weighted by molar-refractivity contribution is 14.1. The van der Waals surface area contributed by atoms with Gasteiger partial charge in [0.2, 0.25) is 0 Å². The molecule has 3 unspecified atom stereocenters. The number of hydrogen-bond acceptors (Lipinski definition) is 4. The normalized spacial score (nSPS) is 23.4. The van der Waals surface area contributed by atoms with Gasteiger partial charge in [0.05, 0.1) is 11.1 Å². The number of pyridine rings is 1. The first-order chi connectivity index (χ1) is 15.4. The largest absolute Gasteiger partial charge is 0.372 e. The van der Waals surface area contributed by atoms with Crippen LogP contribution in [0, 0.1) is 0 Å². The fourth-order valence-electron chi connectivity index (χ4n) is 4.84. The lowest BCUT2D eigenvalue weighted by Crippen LogP contribution is -2.52. The summed E-state index contributed by atoms with van der Waals surface area (Å²) in [4.78, 5) is 6.87. The molecule has 6 heteroatoms. The maximum atomic E-state index is 7.07. The van der Waals surface area contributed by atoms with Crippen LogP contribution in [0.1, 0.15) is 44.2 Å². The Hall–Kier alpha value is -1.41. The summed E-state index contributed by atoms with van der Waals surface area (Å²) in [7, 11) is 0. The van der Waals surface area contributed by atoms with Crippen LogP contribution in [0.25, 0.3) is 10.9 Å². The van der Waals surface area contributed by atoms with Crippen molar-refractivity contribution >= 4 is 50.8 Å². The number of anilines is 1. The molecule has 3 atom stereocenters. The Morgan fingerprint density at radius 3 is 2.59 bits per heavy atom.